The molecule has 0 aromatic carbocycles. The van der Waals surface area contributed by atoms with E-state index < -0.39 is 0 Å². The first-order valence-corrected chi connectivity index (χ1v) is 4.53. The molecule has 0 fully saturated rings. The molecule has 1 heterocycles. The number of thiophene rings is 1. The van der Waals surface area contributed by atoms with Crippen LogP contribution in [-0.4, -0.2) is 7.05 Å². The third-order valence-corrected chi connectivity index (χ3v) is 3.22. The molecule has 0 aliphatic heterocycles. The van der Waals surface area contributed by atoms with Crippen LogP contribution in [0.5, 0.6) is 0 Å². The molecule has 1 atom stereocenters. The fraction of sp³-hybridized carbons (Fsp3) is 0.500. The number of hydrogen-bond donors (Lipinski definition) is 1. The van der Waals surface area contributed by atoms with Crippen molar-refractivity contribution in [1.82, 2.24) is 5.32 Å². The molecule has 1 aromatic heterocycles. The zero-order valence-corrected chi connectivity index (χ0v) is 6.87. The molecule has 0 amide bonds. The van der Waals surface area contributed by atoms with Crippen molar-refractivity contribution in [1.29, 1.82) is 0 Å². The van der Waals surface area contributed by atoms with Crippen LogP contribution >= 0.6 is 11.3 Å². The van der Waals surface area contributed by atoms with E-state index >= 15 is 0 Å². The summed E-state index contributed by atoms with van der Waals surface area (Å²) in [6, 6.07) is 2.90. The van der Waals surface area contributed by atoms with Gasteiger partial charge in [-0.25, -0.2) is 0 Å². The van der Waals surface area contributed by atoms with Gasteiger partial charge in [-0.3, -0.25) is 0 Å². The minimum atomic E-state index is 0.648. The van der Waals surface area contributed by atoms with Gasteiger partial charge in [0, 0.05) is 10.9 Å². The summed E-state index contributed by atoms with van der Waals surface area (Å²) in [6.07, 6.45) is 2.56. The summed E-state index contributed by atoms with van der Waals surface area (Å²) in [5.41, 5.74) is 1.56. The second-order valence-corrected chi connectivity index (χ2v) is 3.64. The highest BCUT2D eigenvalue weighted by Crippen LogP contribution is 2.34. The van der Waals surface area contributed by atoms with Gasteiger partial charge in [0.2, 0.25) is 0 Å². The maximum absolute atomic E-state index is 3.32. The molecule has 2 heteroatoms. The molecule has 1 N–H and O–H groups in total. The molecule has 1 aromatic rings. The molecular weight excluding hydrogens is 142 g/mol. The van der Waals surface area contributed by atoms with Crippen molar-refractivity contribution in [3.8, 4) is 0 Å². The van der Waals surface area contributed by atoms with Crippen molar-refractivity contribution in [2.45, 2.75) is 18.9 Å². The van der Waals surface area contributed by atoms with E-state index in [1.807, 2.05) is 18.4 Å². The predicted molar refractivity (Wildman–Crippen MR) is 44.4 cm³/mol. The number of hydrogen-bond acceptors (Lipinski definition) is 2. The molecule has 1 unspecified atom stereocenters. The topological polar surface area (TPSA) is 12.0 Å². The van der Waals surface area contributed by atoms with Gasteiger partial charge in [-0.15, -0.1) is 11.3 Å². The molecule has 1 nitrogen and oxygen atoms in total. The monoisotopic (exact) mass is 153 g/mol. The van der Waals surface area contributed by atoms with Gasteiger partial charge >= 0.3 is 0 Å². The quantitative estimate of drug-likeness (QED) is 0.650. The van der Waals surface area contributed by atoms with Gasteiger partial charge in [0.15, 0.2) is 0 Å². The van der Waals surface area contributed by atoms with E-state index in [0.717, 1.165) is 0 Å². The van der Waals surface area contributed by atoms with Crippen LogP contribution in [0.1, 0.15) is 22.9 Å². The van der Waals surface area contributed by atoms with E-state index in [2.05, 4.69) is 16.8 Å². The fourth-order valence-corrected chi connectivity index (χ4v) is 2.67. The lowest BCUT2D eigenvalue weighted by Crippen LogP contribution is -2.11. The zero-order chi connectivity index (χ0) is 6.97. The summed E-state index contributed by atoms with van der Waals surface area (Å²) >= 11 is 1.88. The van der Waals surface area contributed by atoms with Gasteiger partial charge in [-0.05, 0) is 36.9 Å². The van der Waals surface area contributed by atoms with Crippen LogP contribution in [0.3, 0.4) is 0 Å². The lowest BCUT2D eigenvalue weighted by atomic mass is 10.3. The Bertz CT molecular complexity index is 229. The van der Waals surface area contributed by atoms with Crippen LogP contribution in [0.15, 0.2) is 11.4 Å². The summed E-state index contributed by atoms with van der Waals surface area (Å²) < 4.78 is 0. The Morgan fingerprint density at radius 2 is 2.60 bits per heavy atom. The maximum Gasteiger partial charge on any atom is 0.0418 e. The summed E-state index contributed by atoms with van der Waals surface area (Å²) in [5.74, 6) is 0. The first-order valence-electron chi connectivity index (χ1n) is 3.65. The first kappa shape index (κ1) is 6.38. The zero-order valence-electron chi connectivity index (χ0n) is 6.05. The third-order valence-electron chi connectivity index (χ3n) is 2.15. The van der Waals surface area contributed by atoms with Gasteiger partial charge in [-0.2, -0.15) is 0 Å². The van der Waals surface area contributed by atoms with Crippen molar-refractivity contribution >= 4 is 11.3 Å². The number of rotatable bonds is 1. The molecule has 2 rings (SSSR count). The normalized spacial score (nSPS) is 23.1. The van der Waals surface area contributed by atoms with Gasteiger partial charge in [0.25, 0.3) is 0 Å². The highest BCUT2D eigenvalue weighted by Gasteiger charge is 2.21. The van der Waals surface area contributed by atoms with Crippen LogP contribution in [-0.2, 0) is 6.42 Å². The molecule has 0 saturated carbocycles. The second kappa shape index (κ2) is 2.36. The minimum Gasteiger partial charge on any atom is -0.312 e. The van der Waals surface area contributed by atoms with E-state index in [9.17, 15) is 0 Å². The minimum absolute atomic E-state index is 0.648. The van der Waals surface area contributed by atoms with Crippen molar-refractivity contribution in [3.63, 3.8) is 0 Å². The number of aryl methyl sites for hydroxylation is 1. The van der Waals surface area contributed by atoms with Crippen molar-refractivity contribution in [2.75, 3.05) is 7.05 Å². The van der Waals surface area contributed by atoms with Crippen LogP contribution in [0.25, 0.3) is 0 Å². The highest BCUT2D eigenvalue weighted by atomic mass is 32.1. The number of nitrogens with one attached hydrogen (secondary N) is 1. The second-order valence-electron chi connectivity index (χ2n) is 2.69. The van der Waals surface area contributed by atoms with Crippen molar-refractivity contribution in [3.05, 3.63) is 21.9 Å². The molecule has 0 spiro atoms. The Hall–Kier alpha value is -0.340. The average molecular weight is 153 g/mol. The first-order chi connectivity index (χ1) is 4.92. The van der Waals surface area contributed by atoms with E-state index in [0.29, 0.717) is 6.04 Å². The highest BCUT2D eigenvalue weighted by molar-refractivity contribution is 7.10. The van der Waals surface area contributed by atoms with Crippen LogP contribution in [0.4, 0.5) is 0 Å². The average Bonchev–Trinajstić information content (AvgIpc) is 2.44. The van der Waals surface area contributed by atoms with Gasteiger partial charge in [0.1, 0.15) is 0 Å². The summed E-state index contributed by atoms with van der Waals surface area (Å²) in [5, 5.41) is 5.51. The van der Waals surface area contributed by atoms with Crippen molar-refractivity contribution in [2.24, 2.45) is 0 Å². The Morgan fingerprint density at radius 1 is 1.70 bits per heavy atom. The fourth-order valence-electron chi connectivity index (χ4n) is 1.57. The van der Waals surface area contributed by atoms with Gasteiger partial charge in [-0.1, -0.05) is 0 Å². The molecular formula is C8H11NS. The predicted octanol–water partition coefficient (Wildman–Crippen LogP) is 1.95. The SMILES string of the molecule is CNC1CCc2ccsc21. The summed E-state index contributed by atoms with van der Waals surface area (Å²) in [7, 11) is 2.04. The largest absolute Gasteiger partial charge is 0.312 e. The molecule has 1 aliphatic carbocycles. The Labute approximate surface area is 65.1 Å². The summed E-state index contributed by atoms with van der Waals surface area (Å²) in [6.45, 7) is 0. The van der Waals surface area contributed by atoms with Gasteiger partial charge in [0.05, 0.1) is 0 Å². The van der Waals surface area contributed by atoms with Gasteiger partial charge < -0.3 is 5.32 Å². The van der Waals surface area contributed by atoms with Crippen LogP contribution in [0.2, 0.25) is 0 Å². The molecule has 0 saturated heterocycles. The van der Waals surface area contributed by atoms with E-state index in [4.69, 9.17) is 0 Å². The molecule has 1 aliphatic rings. The Kier molecular flexibility index (Phi) is 1.51. The Balaban J connectivity index is 2.34. The van der Waals surface area contributed by atoms with E-state index in [1.54, 1.807) is 10.4 Å². The molecule has 0 bridgehead atoms. The smallest absolute Gasteiger partial charge is 0.0418 e. The maximum atomic E-state index is 3.32. The standard InChI is InChI=1S/C8H11NS/c1-9-7-3-2-6-4-5-10-8(6)7/h4-5,7,9H,2-3H2,1H3. The number of fused-ring (bicyclic) bond motifs is 1. The summed E-state index contributed by atoms with van der Waals surface area (Å²) in [4.78, 5) is 1.56. The lowest BCUT2D eigenvalue weighted by molar-refractivity contribution is 0.597. The van der Waals surface area contributed by atoms with E-state index in [-0.39, 0.29) is 0 Å². The third kappa shape index (κ3) is 0.796. The van der Waals surface area contributed by atoms with Crippen LogP contribution < -0.4 is 5.32 Å². The van der Waals surface area contributed by atoms with Crippen molar-refractivity contribution < 1.29 is 0 Å². The van der Waals surface area contributed by atoms with E-state index in [1.165, 1.54) is 12.8 Å². The van der Waals surface area contributed by atoms with Crippen LogP contribution in [0, 0.1) is 0 Å². The molecule has 54 valence electrons. The molecule has 10 heavy (non-hydrogen) atoms. The Morgan fingerprint density at radius 3 is 3.40 bits per heavy atom. The lowest BCUT2D eigenvalue weighted by Gasteiger charge is -2.05. The molecule has 0 radical (unpaired) electrons.